The van der Waals surface area contributed by atoms with Gasteiger partial charge < -0.3 is 15.3 Å². The van der Waals surface area contributed by atoms with Gasteiger partial charge in [0.2, 0.25) is 5.95 Å². The molecule has 1 saturated heterocycles. The molecule has 0 radical (unpaired) electrons. The molecule has 0 bridgehead atoms. The van der Waals surface area contributed by atoms with Crippen molar-refractivity contribution in [1.82, 2.24) is 15.5 Å². The fourth-order valence-electron chi connectivity index (χ4n) is 3.98. The fourth-order valence-corrected chi connectivity index (χ4v) is 4.17. The van der Waals surface area contributed by atoms with Crippen molar-refractivity contribution in [3.63, 3.8) is 0 Å². The van der Waals surface area contributed by atoms with Gasteiger partial charge in [-0.15, -0.1) is 5.53 Å². The summed E-state index contributed by atoms with van der Waals surface area (Å²) in [5.74, 6) is 2.18. The number of nitrogens with zero attached hydrogens (tertiary/aromatic N) is 5. The second kappa shape index (κ2) is 8.45. The Bertz CT molecular complexity index is 907. The molecule has 162 valence electrons. The van der Waals surface area contributed by atoms with Crippen LogP contribution in [0.15, 0.2) is 24.3 Å². The average Bonchev–Trinajstić information content (AvgIpc) is 3.32. The lowest BCUT2D eigenvalue weighted by atomic mass is 10.2. The molecule has 0 spiro atoms. The quantitative estimate of drug-likeness (QED) is 0.639. The number of benzene rings is 1. The fraction of sp³-hybridized carbons (Fsp3) is 0.524. The van der Waals surface area contributed by atoms with E-state index in [2.05, 4.69) is 53.5 Å². The van der Waals surface area contributed by atoms with Crippen LogP contribution in [0.1, 0.15) is 40.5 Å². The number of halogens is 1. The highest BCUT2D eigenvalue weighted by atomic mass is 35.5. The van der Waals surface area contributed by atoms with Crippen LogP contribution in [-0.4, -0.2) is 46.4 Å². The van der Waals surface area contributed by atoms with E-state index in [1.165, 1.54) is 0 Å². The molecule has 30 heavy (non-hydrogen) atoms. The number of nitrogens with one attached hydrogen (secondary N) is 2. The van der Waals surface area contributed by atoms with Crippen LogP contribution in [0.5, 0.6) is 0 Å². The number of anilines is 5. The van der Waals surface area contributed by atoms with Crippen LogP contribution in [-0.2, 0) is 0 Å². The highest BCUT2D eigenvalue weighted by molar-refractivity contribution is 6.30. The van der Waals surface area contributed by atoms with Crippen LogP contribution in [0, 0.1) is 0 Å². The molecule has 1 atom stereocenters. The summed E-state index contributed by atoms with van der Waals surface area (Å²) in [6, 6.07) is 8.04. The van der Waals surface area contributed by atoms with Gasteiger partial charge in [-0.3, -0.25) is 10.0 Å². The Labute approximate surface area is 182 Å². The number of aromatic nitrogens is 2. The SMILES string of the molecule is CC(C)N1NN(C(C)C)c2c(Nc3cccc(Cl)c3)nc(N3CCC[C@@H]3CO)nc21. The molecule has 0 unspecified atom stereocenters. The van der Waals surface area contributed by atoms with Crippen molar-refractivity contribution in [2.45, 2.75) is 58.7 Å². The van der Waals surface area contributed by atoms with E-state index in [1.807, 2.05) is 24.3 Å². The number of aliphatic hydroxyl groups excluding tert-OH is 1. The maximum Gasteiger partial charge on any atom is 0.229 e. The van der Waals surface area contributed by atoms with Crippen molar-refractivity contribution >= 4 is 40.6 Å². The summed E-state index contributed by atoms with van der Waals surface area (Å²) in [6.45, 7) is 9.43. The summed E-state index contributed by atoms with van der Waals surface area (Å²) in [6.07, 6.45) is 1.96. The summed E-state index contributed by atoms with van der Waals surface area (Å²) >= 11 is 6.21. The second-order valence-electron chi connectivity index (χ2n) is 8.38. The standard InChI is InChI=1S/C21H30ClN7O/c1-13(2)28-18-19(23-16-8-5-7-15(22)11-16)24-21(27-10-6-9-17(27)12-30)25-20(18)29(26-28)14(3)4/h5,7-8,11,13-14,17,26,30H,6,9-10,12H2,1-4H3,(H,23,24,25)/t17-/m1/s1. The third-order valence-corrected chi connectivity index (χ3v) is 5.74. The Morgan fingerprint density at radius 1 is 1.20 bits per heavy atom. The van der Waals surface area contributed by atoms with Gasteiger partial charge in [-0.2, -0.15) is 9.97 Å². The minimum Gasteiger partial charge on any atom is -0.394 e. The molecule has 2 aliphatic rings. The zero-order chi connectivity index (χ0) is 21.4. The van der Waals surface area contributed by atoms with E-state index >= 15 is 0 Å². The van der Waals surface area contributed by atoms with E-state index in [0.717, 1.165) is 36.6 Å². The van der Waals surface area contributed by atoms with Crippen molar-refractivity contribution in [3.05, 3.63) is 29.3 Å². The molecule has 8 nitrogen and oxygen atoms in total. The molecular formula is C21H30ClN7O. The highest BCUT2D eigenvalue weighted by Gasteiger charge is 2.36. The summed E-state index contributed by atoms with van der Waals surface area (Å²) < 4.78 is 0. The first-order chi connectivity index (χ1) is 14.4. The first kappa shape index (κ1) is 21.0. The van der Waals surface area contributed by atoms with Gasteiger partial charge in [0.1, 0.15) is 5.69 Å². The van der Waals surface area contributed by atoms with E-state index in [0.29, 0.717) is 16.8 Å². The minimum absolute atomic E-state index is 0.0464. The first-order valence-electron chi connectivity index (χ1n) is 10.6. The van der Waals surface area contributed by atoms with E-state index in [1.54, 1.807) is 0 Å². The highest BCUT2D eigenvalue weighted by Crippen LogP contribution is 2.42. The smallest absolute Gasteiger partial charge is 0.229 e. The molecule has 1 aromatic heterocycles. The van der Waals surface area contributed by atoms with Gasteiger partial charge >= 0.3 is 0 Å². The van der Waals surface area contributed by atoms with Gasteiger partial charge in [0.15, 0.2) is 11.6 Å². The second-order valence-corrected chi connectivity index (χ2v) is 8.82. The molecule has 1 aromatic carbocycles. The van der Waals surface area contributed by atoms with Crippen LogP contribution in [0.4, 0.5) is 29.0 Å². The van der Waals surface area contributed by atoms with Crippen LogP contribution in [0.2, 0.25) is 5.02 Å². The van der Waals surface area contributed by atoms with Crippen LogP contribution < -0.4 is 25.8 Å². The zero-order valence-electron chi connectivity index (χ0n) is 17.9. The van der Waals surface area contributed by atoms with Crippen molar-refractivity contribution in [1.29, 1.82) is 0 Å². The van der Waals surface area contributed by atoms with Crippen LogP contribution in [0.25, 0.3) is 0 Å². The van der Waals surface area contributed by atoms with Gasteiger partial charge in [-0.1, -0.05) is 17.7 Å². The van der Waals surface area contributed by atoms with E-state index in [4.69, 9.17) is 21.6 Å². The molecule has 3 N–H and O–H groups in total. The zero-order valence-corrected chi connectivity index (χ0v) is 18.7. The number of rotatable bonds is 6. The lowest BCUT2D eigenvalue weighted by Gasteiger charge is -2.27. The molecule has 1 fully saturated rings. The predicted molar refractivity (Wildman–Crippen MR) is 123 cm³/mol. The Balaban J connectivity index is 1.84. The third kappa shape index (κ3) is 3.87. The molecule has 3 heterocycles. The molecule has 0 amide bonds. The van der Waals surface area contributed by atoms with Crippen molar-refractivity contribution < 1.29 is 5.11 Å². The first-order valence-corrected chi connectivity index (χ1v) is 10.9. The number of aliphatic hydroxyl groups is 1. The number of hydrogen-bond acceptors (Lipinski definition) is 8. The van der Waals surface area contributed by atoms with Crippen molar-refractivity contribution in [2.24, 2.45) is 0 Å². The Hall–Kier alpha value is -2.29. The van der Waals surface area contributed by atoms with Gasteiger partial charge in [-0.25, -0.2) is 0 Å². The van der Waals surface area contributed by atoms with Gasteiger partial charge in [-0.05, 0) is 58.7 Å². The van der Waals surface area contributed by atoms with Gasteiger partial charge in [0, 0.05) is 29.3 Å². The summed E-state index contributed by atoms with van der Waals surface area (Å²) in [4.78, 5) is 12.0. The van der Waals surface area contributed by atoms with Crippen molar-refractivity contribution in [2.75, 3.05) is 33.4 Å². The van der Waals surface area contributed by atoms with Crippen LogP contribution >= 0.6 is 11.6 Å². The maximum absolute atomic E-state index is 9.82. The largest absolute Gasteiger partial charge is 0.394 e. The summed E-state index contributed by atoms with van der Waals surface area (Å²) in [5, 5.41) is 18.1. The lowest BCUT2D eigenvalue weighted by molar-refractivity contribution is 0.265. The number of fused-ring (bicyclic) bond motifs is 1. The predicted octanol–water partition coefficient (Wildman–Crippen LogP) is 3.70. The Morgan fingerprint density at radius 3 is 2.63 bits per heavy atom. The summed E-state index contributed by atoms with van der Waals surface area (Å²) in [7, 11) is 0. The Morgan fingerprint density at radius 2 is 1.97 bits per heavy atom. The number of hydrazine groups is 2. The topological polar surface area (TPSA) is 79.8 Å². The molecule has 9 heteroatoms. The third-order valence-electron chi connectivity index (χ3n) is 5.50. The molecule has 0 saturated carbocycles. The summed E-state index contributed by atoms with van der Waals surface area (Å²) in [5.41, 5.74) is 5.23. The maximum atomic E-state index is 9.82. The molecular weight excluding hydrogens is 402 g/mol. The molecule has 2 aliphatic heterocycles. The average molecular weight is 432 g/mol. The van der Waals surface area contributed by atoms with E-state index in [-0.39, 0.29) is 24.7 Å². The number of hydrogen-bond donors (Lipinski definition) is 3. The van der Waals surface area contributed by atoms with Crippen molar-refractivity contribution in [3.8, 4) is 0 Å². The normalized spacial score (nSPS) is 18.7. The van der Waals surface area contributed by atoms with Gasteiger partial charge in [0.05, 0.1) is 12.6 Å². The lowest BCUT2D eigenvalue weighted by Crippen LogP contribution is -2.50. The van der Waals surface area contributed by atoms with Crippen LogP contribution in [0.3, 0.4) is 0 Å². The Kier molecular flexibility index (Phi) is 5.90. The van der Waals surface area contributed by atoms with E-state index in [9.17, 15) is 5.11 Å². The van der Waals surface area contributed by atoms with E-state index < -0.39 is 0 Å². The molecule has 0 aliphatic carbocycles. The molecule has 2 aromatic rings. The van der Waals surface area contributed by atoms with Gasteiger partial charge in [0.25, 0.3) is 0 Å². The monoisotopic (exact) mass is 431 g/mol. The molecule has 4 rings (SSSR count). The minimum atomic E-state index is 0.0464.